The van der Waals surface area contributed by atoms with Crippen molar-refractivity contribution in [1.29, 1.82) is 10.5 Å². The van der Waals surface area contributed by atoms with Crippen molar-refractivity contribution in [3.8, 4) is 33.0 Å². The lowest BCUT2D eigenvalue weighted by Crippen LogP contribution is -2.30. The Bertz CT molecular complexity index is 5270. The number of benzene rings is 7. The predicted octanol–water partition coefficient (Wildman–Crippen LogP) is 26.9. The number of halogens is 4. The molecule has 0 atom stereocenters. The number of hydrogen-bond acceptors (Lipinski definition) is 8. The third-order valence-electron chi connectivity index (χ3n) is 22.5. The first-order valence-corrected chi connectivity index (χ1v) is 41.2. The zero-order valence-electron chi connectivity index (χ0n) is 60.9. The van der Waals surface area contributed by atoms with Gasteiger partial charge in [-0.25, -0.2) is 37.8 Å². The summed E-state index contributed by atoms with van der Waals surface area (Å²) in [6, 6.07) is 53.6. The highest BCUT2D eigenvalue weighted by atomic mass is 32.1. The normalized spacial score (nSPS) is 15.8. The molecule has 108 heavy (non-hydrogen) atoms. The van der Waals surface area contributed by atoms with E-state index in [4.69, 9.17) is 13.1 Å². The first-order chi connectivity index (χ1) is 52.7. The van der Waals surface area contributed by atoms with Gasteiger partial charge < -0.3 is 0 Å². The van der Waals surface area contributed by atoms with Crippen LogP contribution in [-0.2, 0) is 36.5 Å². The van der Waals surface area contributed by atoms with Gasteiger partial charge in [0.15, 0.2) is 34.8 Å². The Morgan fingerprint density at radius 2 is 0.694 bits per heavy atom. The summed E-state index contributed by atoms with van der Waals surface area (Å²) in [5.41, 5.74) is 12.9. The second-order valence-corrected chi connectivity index (χ2v) is 33.3. The van der Waals surface area contributed by atoms with Crippen LogP contribution in [0.25, 0.3) is 72.7 Å². The van der Waals surface area contributed by atoms with Crippen molar-refractivity contribution in [2.24, 2.45) is 0 Å². The molecule has 6 nitrogen and oxygen atoms in total. The first-order valence-electron chi connectivity index (χ1n) is 37.9. The Hall–Kier alpha value is -10.2. The van der Waals surface area contributed by atoms with Gasteiger partial charge in [0.1, 0.15) is 0 Å². The van der Waals surface area contributed by atoms with E-state index >= 15 is 17.6 Å². The molecule has 11 aromatic rings. The number of aryl methyl sites for hydroxylation is 4. The van der Waals surface area contributed by atoms with Gasteiger partial charge in [0.05, 0.1) is 45.5 Å². The number of thiophene rings is 4. The Kier molecular flexibility index (Phi) is 20.9. The highest BCUT2D eigenvalue weighted by Crippen LogP contribution is 2.68. The maximum absolute atomic E-state index is 15.2. The minimum Gasteiger partial charge on any atom is -0.289 e. The van der Waals surface area contributed by atoms with Crippen LogP contribution in [0.15, 0.2) is 168 Å². The topological polar surface area (TPSA) is 90.4 Å². The Morgan fingerprint density at radius 3 is 0.972 bits per heavy atom. The molecule has 4 aromatic heterocycles. The van der Waals surface area contributed by atoms with E-state index in [2.05, 4.69) is 159 Å². The van der Waals surface area contributed by atoms with Gasteiger partial charge in [0.25, 0.3) is 11.4 Å². The number of carbonyl (C=O) groups is 2. The number of unbranched alkanes of at least 4 members (excludes halogenated alkanes) is 12. The Labute approximate surface area is 645 Å². The van der Waals surface area contributed by atoms with Crippen molar-refractivity contribution >= 4 is 99.0 Å². The molecule has 0 N–H and O–H groups in total. The molecule has 4 aliphatic carbocycles. The van der Waals surface area contributed by atoms with Gasteiger partial charge in [-0.05, 0) is 190 Å². The summed E-state index contributed by atoms with van der Waals surface area (Å²) in [4.78, 5) is 39.8. The van der Waals surface area contributed by atoms with Gasteiger partial charge in [-0.2, -0.15) is 0 Å². The second-order valence-electron chi connectivity index (χ2n) is 29.1. The van der Waals surface area contributed by atoms with Crippen molar-refractivity contribution < 1.29 is 27.2 Å². The van der Waals surface area contributed by atoms with Crippen LogP contribution in [0, 0.1) is 59.1 Å². The van der Waals surface area contributed by atoms with Crippen LogP contribution < -0.4 is 0 Å². The summed E-state index contributed by atoms with van der Waals surface area (Å²) in [5.74, 6) is -5.99. The van der Waals surface area contributed by atoms with E-state index in [1.165, 1.54) is 44.9 Å². The fourth-order valence-corrected chi connectivity index (χ4v) is 22.6. The summed E-state index contributed by atoms with van der Waals surface area (Å²) in [6.45, 7) is 25.0. The first kappa shape index (κ1) is 73.4. The number of fused-ring (bicyclic) bond motifs is 12. The highest BCUT2D eigenvalue weighted by Gasteiger charge is 2.55. The summed E-state index contributed by atoms with van der Waals surface area (Å²) in [7, 11) is 0. The average Bonchev–Trinajstić information content (AvgIpc) is 1.49. The van der Waals surface area contributed by atoms with Gasteiger partial charge in [-0.1, -0.05) is 202 Å². The molecule has 15 rings (SSSR count). The molecule has 0 bridgehead atoms. The Balaban J connectivity index is 1.01. The van der Waals surface area contributed by atoms with Gasteiger partial charge >= 0.3 is 0 Å². The van der Waals surface area contributed by atoms with E-state index in [1.807, 2.05) is 12.1 Å². The number of carbonyl (C=O) groups excluding carboxylic acids is 2. The molecule has 538 valence electrons. The summed E-state index contributed by atoms with van der Waals surface area (Å²) in [6.07, 6.45) is 25.1. The molecule has 0 fully saturated rings. The zero-order valence-corrected chi connectivity index (χ0v) is 64.2. The van der Waals surface area contributed by atoms with Gasteiger partial charge in [-0.3, -0.25) is 9.59 Å². The van der Waals surface area contributed by atoms with E-state index < -0.39 is 57.1 Å². The molecular formula is C94H78F4N4O2S4. The highest BCUT2D eigenvalue weighted by molar-refractivity contribution is 7.31. The molecule has 0 saturated heterocycles. The largest absolute Gasteiger partial charge is 0.289 e. The summed E-state index contributed by atoms with van der Waals surface area (Å²) >= 11 is 6.42. The molecule has 0 saturated carbocycles. The quantitative estimate of drug-likeness (QED) is 0.0178. The number of ketones is 2. The van der Waals surface area contributed by atoms with Crippen LogP contribution in [-0.4, -0.2) is 11.6 Å². The molecule has 7 aromatic carbocycles. The van der Waals surface area contributed by atoms with Gasteiger partial charge in [0, 0.05) is 73.5 Å². The second kappa shape index (κ2) is 30.8. The van der Waals surface area contributed by atoms with Crippen molar-refractivity contribution in [3.63, 3.8) is 0 Å². The fourth-order valence-electron chi connectivity index (χ4n) is 17.2. The number of hydrogen-bond donors (Lipinski definition) is 0. The van der Waals surface area contributed by atoms with Gasteiger partial charge in [0.2, 0.25) is 0 Å². The van der Waals surface area contributed by atoms with E-state index in [0.717, 1.165) is 237 Å². The van der Waals surface area contributed by atoms with E-state index in [9.17, 15) is 20.1 Å². The Morgan fingerprint density at radius 1 is 0.398 bits per heavy atom. The third kappa shape index (κ3) is 12.6. The number of rotatable bonds is 26. The lowest BCUT2D eigenvalue weighted by Gasteiger charge is -2.36. The van der Waals surface area contributed by atoms with Gasteiger partial charge in [-0.15, -0.1) is 45.3 Å². The van der Waals surface area contributed by atoms with E-state index in [1.54, 1.807) is 34.8 Å². The summed E-state index contributed by atoms with van der Waals surface area (Å²) < 4.78 is 64.5. The SMILES string of the molecule is [C-]#[N+]C(C#N)=C1/C(=C/c2cc3sc4c(c3s2)C(c2ccc(CCCCCC)cc2)(c2ccc(CCCCCC)cc2)c2cc3c(cc2-4)C(c2ccc(CCCCCC)cc2)(c2ccc(CCCCCC)cc2)c2c-3sc3cc(/C=C4\C(=O)c5cc(F)c(F)cc5\C4=C(\C#N)[N+]#[C-])sc23)C(=O)c2cc(F)c(F)cc21. The van der Waals surface area contributed by atoms with Crippen molar-refractivity contribution in [1.82, 2.24) is 0 Å². The average molecular weight is 1500 g/mol. The van der Waals surface area contributed by atoms with Crippen LogP contribution in [0.2, 0.25) is 0 Å². The van der Waals surface area contributed by atoms with Crippen LogP contribution in [0.1, 0.15) is 239 Å². The standard InChI is InChI=1S/C94H78F4N4O2S4/c1-7-11-15-19-23-55-27-35-59(36-28-55)93(60-37-29-56(30-38-60)24-20-16-12-8-2)73-47-70-74(48-69(73)89-85(93)91-81(107-89)45-63(105-91)43-71-83(79(53-99)101-5)65-49-75(95)77(97)51-67(65)87(71)103)94(61-39-31-57(32-40-61)25-21-17-13-9-3,62-41-33-58(34-42-62)26-22-18-14-10-4)86-90(70)108-82-46-64(106-92(82)86)44-72-84(80(54-100)102-6)66-50-76(96)78(98)52-68(66)88(72)104/h27-52H,7-26H2,1-4H3/b71-43-,72-44-,83-79+,84-80?. The molecule has 4 heterocycles. The van der Waals surface area contributed by atoms with E-state index in [0.29, 0.717) is 9.75 Å². The van der Waals surface area contributed by atoms with E-state index in [-0.39, 0.29) is 44.5 Å². The fraction of sp³-hybridized carbons (Fsp3) is 0.277. The van der Waals surface area contributed by atoms with Crippen LogP contribution in [0.5, 0.6) is 0 Å². The predicted molar refractivity (Wildman–Crippen MR) is 435 cm³/mol. The van der Waals surface area contributed by atoms with Crippen molar-refractivity contribution in [2.75, 3.05) is 0 Å². The molecule has 0 amide bonds. The number of allylic oxidation sites excluding steroid dienone is 6. The smallest absolute Gasteiger partial charge is 0.270 e. The molecule has 0 radical (unpaired) electrons. The lowest BCUT2D eigenvalue weighted by atomic mass is 9.65. The number of nitriles is 2. The molecule has 0 unspecified atom stereocenters. The van der Waals surface area contributed by atoms with Crippen molar-refractivity contribution in [3.05, 3.63) is 313 Å². The minimum atomic E-state index is -1.20. The van der Waals surface area contributed by atoms with Crippen LogP contribution in [0.4, 0.5) is 17.6 Å². The lowest BCUT2D eigenvalue weighted by molar-refractivity contribution is 0.103. The number of Topliss-reactive ketones (excluding diaryl/α,β-unsaturated/α-hetero) is 2. The number of nitrogens with zero attached hydrogens (tertiary/aromatic N) is 4. The maximum Gasteiger partial charge on any atom is 0.270 e. The van der Waals surface area contributed by atoms with Crippen molar-refractivity contribution in [2.45, 2.75) is 167 Å². The monoisotopic (exact) mass is 1500 g/mol. The molecule has 14 heteroatoms. The molecule has 0 aliphatic heterocycles. The zero-order chi connectivity index (χ0) is 75.1. The molecule has 0 spiro atoms. The molecular weight excluding hydrogens is 1420 g/mol. The van der Waals surface area contributed by atoms with Crippen LogP contribution >= 0.6 is 45.3 Å². The third-order valence-corrected chi connectivity index (χ3v) is 27.3. The summed E-state index contributed by atoms with van der Waals surface area (Å²) in [5, 5.41) is 20.8. The minimum absolute atomic E-state index is 0.00460. The van der Waals surface area contributed by atoms with Crippen LogP contribution in [0.3, 0.4) is 0 Å². The maximum atomic E-state index is 15.2. The molecule has 4 aliphatic rings.